The fourth-order valence-electron chi connectivity index (χ4n) is 3.02. The number of nitrogens with one attached hydrogen (secondary N) is 2. The van der Waals surface area contributed by atoms with Crippen LogP contribution in [0.2, 0.25) is 0 Å². The molecule has 1 unspecified atom stereocenters. The molecule has 132 valence electrons. The zero-order valence-corrected chi connectivity index (χ0v) is 15.1. The van der Waals surface area contributed by atoms with Crippen LogP contribution in [0.1, 0.15) is 46.4 Å². The zero-order valence-electron chi connectivity index (χ0n) is 13.5. The normalized spacial score (nSPS) is 20.1. The number of hydrogen-bond acceptors (Lipinski definition) is 4. The van der Waals surface area contributed by atoms with Crippen LogP contribution in [0, 0.1) is 0 Å². The molecule has 25 heavy (non-hydrogen) atoms. The number of carbonyl (C=O) groups is 4. The van der Waals surface area contributed by atoms with Gasteiger partial charge in [-0.3, -0.25) is 24.1 Å². The summed E-state index contributed by atoms with van der Waals surface area (Å²) in [6, 6.07) is 4.35. The van der Waals surface area contributed by atoms with Crippen molar-refractivity contribution in [3.8, 4) is 0 Å². The van der Waals surface area contributed by atoms with Crippen molar-refractivity contribution in [2.24, 2.45) is 0 Å². The molecular weight excluding hydrogens is 390 g/mol. The number of benzene rings is 1. The number of fused-ring (bicyclic) bond motifs is 1. The van der Waals surface area contributed by atoms with Crippen molar-refractivity contribution in [1.29, 1.82) is 0 Å². The summed E-state index contributed by atoms with van der Waals surface area (Å²) in [6.07, 6.45) is 2.31. The van der Waals surface area contributed by atoms with Crippen molar-refractivity contribution in [1.82, 2.24) is 15.5 Å². The summed E-state index contributed by atoms with van der Waals surface area (Å²) in [6.45, 7) is 0.611. The highest BCUT2D eigenvalue weighted by molar-refractivity contribution is 9.10. The summed E-state index contributed by atoms with van der Waals surface area (Å²) in [7, 11) is 0. The van der Waals surface area contributed by atoms with Crippen LogP contribution in [-0.2, 0) is 9.59 Å². The van der Waals surface area contributed by atoms with E-state index in [1.165, 1.54) is 0 Å². The molecule has 0 bridgehead atoms. The van der Waals surface area contributed by atoms with Gasteiger partial charge in [-0.1, -0.05) is 15.9 Å². The van der Waals surface area contributed by atoms with Gasteiger partial charge in [0.2, 0.25) is 11.8 Å². The average Bonchev–Trinajstić information content (AvgIpc) is 2.71. The Kier molecular flexibility index (Phi) is 5.17. The molecule has 1 fully saturated rings. The lowest BCUT2D eigenvalue weighted by Crippen LogP contribution is -2.46. The summed E-state index contributed by atoms with van der Waals surface area (Å²) in [5.74, 6) is -1.33. The molecule has 2 aliphatic heterocycles. The van der Waals surface area contributed by atoms with Crippen molar-refractivity contribution >= 4 is 39.6 Å². The van der Waals surface area contributed by atoms with Gasteiger partial charge in [0, 0.05) is 24.0 Å². The van der Waals surface area contributed by atoms with Crippen LogP contribution in [0.15, 0.2) is 22.7 Å². The summed E-state index contributed by atoms with van der Waals surface area (Å²) in [5.41, 5.74) is 0.680. The van der Waals surface area contributed by atoms with Crippen LogP contribution in [0.3, 0.4) is 0 Å². The lowest BCUT2D eigenvalue weighted by Gasteiger charge is -2.17. The number of carbonyl (C=O) groups excluding carboxylic acids is 4. The van der Waals surface area contributed by atoms with Gasteiger partial charge in [-0.2, -0.15) is 0 Å². The van der Waals surface area contributed by atoms with Crippen molar-refractivity contribution in [2.75, 3.05) is 13.1 Å². The number of imide groups is 1. The Morgan fingerprint density at radius 1 is 1.20 bits per heavy atom. The summed E-state index contributed by atoms with van der Waals surface area (Å²) in [4.78, 5) is 49.7. The fourth-order valence-corrected chi connectivity index (χ4v) is 3.38. The fraction of sp³-hybridized carbons (Fsp3) is 0.412. The molecule has 3 rings (SSSR count). The molecule has 0 spiro atoms. The summed E-state index contributed by atoms with van der Waals surface area (Å²) in [5, 5.41) is 5.44. The van der Waals surface area contributed by atoms with Gasteiger partial charge in [0.15, 0.2) is 0 Å². The van der Waals surface area contributed by atoms with Crippen LogP contribution in [0.5, 0.6) is 0 Å². The molecule has 2 N–H and O–H groups in total. The maximum Gasteiger partial charge on any atom is 0.261 e. The van der Waals surface area contributed by atoms with Gasteiger partial charge in [-0.15, -0.1) is 0 Å². The number of amides is 4. The molecule has 2 heterocycles. The minimum absolute atomic E-state index is 0.00978. The van der Waals surface area contributed by atoms with E-state index >= 15 is 0 Å². The van der Waals surface area contributed by atoms with E-state index in [1.54, 1.807) is 18.2 Å². The van der Waals surface area contributed by atoms with Crippen LogP contribution < -0.4 is 10.6 Å². The molecule has 1 aromatic carbocycles. The van der Waals surface area contributed by atoms with Crippen LogP contribution in [0.4, 0.5) is 0 Å². The smallest absolute Gasteiger partial charge is 0.261 e. The second-order valence-electron chi connectivity index (χ2n) is 6.11. The lowest BCUT2D eigenvalue weighted by molar-refractivity contribution is -0.128. The Labute approximate surface area is 153 Å². The largest absolute Gasteiger partial charge is 0.354 e. The molecular formula is C17H18BrN3O4. The number of nitrogens with zero attached hydrogens (tertiary/aromatic N) is 1. The van der Waals surface area contributed by atoms with E-state index in [0.717, 1.165) is 17.7 Å². The first-order valence-electron chi connectivity index (χ1n) is 8.20. The molecule has 4 amide bonds. The summed E-state index contributed by atoms with van der Waals surface area (Å²) >= 11 is 3.28. The maximum absolute atomic E-state index is 12.3. The van der Waals surface area contributed by atoms with Crippen LogP contribution >= 0.6 is 15.9 Å². The third-order valence-corrected chi connectivity index (χ3v) is 4.86. The van der Waals surface area contributed by atoms with Crippen LogP contribution in [0.25, 0.3) is 0 Å². The third-order valence-electron chi connectivity index (χ3n) is 4.37. The van der Waals surface area contributed by atoms with Gasteiger partial charge in [-0.05, 0) is 37.5 Å². The average molecular weight is 408 g/mol. The molecule has 1 atom stereocenters. The Morgan fingerprint density at radius 2 is 1.96 bits per heavy atom. The van der Waals surface area contributed by atoms with Gasteiger partial charge in [0.1, 0.15) is 6.04 Å². The molecule has 1 saturated heterocycles. The van der Waals surface area contributed by atoms with E-state index < -0.39 is 17.9 Å². The Balaban J connectivity index is 1.58. The first kappa shape index (κ1) is 17.6. The zero-order chi connectivity index (χ0) is 18.0. The molecule has 0 radical (unpaired) electrons. The minimum atomic E-state index is -0.548. The van der Waals surface area contributed by atoms with Gasteiger partial charge in [-0.25, -0.2) is 0 Å². The van der Waals surface area contributed by atoms with Gasteiger partial charge in [0.25, 0.3) is 11.8 Å². The Hall–Kier alpha value is -2.22. The molecule has 8 heteroatoms. The first-order valence-corrected chi connectivity index (χ1v) is 8.99. The second kappa shape index (κ2) is 7.35. The number of halogens is 1. The van der Waals surface area contributed by atoms with Gasteiger partial charge < -0.3 is 10.6 Å². The molecule has 7 nitrogen and oxygen atoms in total. The van der Waals surface area contributed by atoms with Gasteiger partial charge >= 0.3 is 0 Å². The van der Waals surface area contributed by atoms with E-state index in [2.05, 4.69) is 26.6 Å². The van der Waals surface area contributed by atoms with E-state index in [1.807, 2.05) is 0 Å². The highest BCUT2D eigenvalue weighted by atomic mass is 79.9. The van der Waals surface area contributed by atoms with Crippen molar-refractivity contribution in [2.45, 2.75) is 31.7 Å². The monoisotopic (exact) mass is 407 g/mol. The Morgan fingerprint density at radius 3 is 2.76 bits per heavy atom. The highest BCUT2D eigenvalue weighted by Gasteiger charge is 2.35. The first-order chi connectivity index (χ1) is 12.0. The molecule has 1 aromatic rings. The second-order valence-corrected chi connectivity index (χ2v) is 7.02. The lowest BCUT2D eigenvalue weighted by atomic mass is 10.1. The van der Waals surface area contributed by atoms with Gasteiger partial charge in [0.05, 0.1) is 11.1 Å². The van der Waals surface area contributed by atoms with E-state index in [0.29, 0.717) is 28.6 Å². The van der Waals surface area contributed by atoms with Crippen LogP contribution in [-0.4, -0.2) is 47.7 Å². The third kappa shape index (κ3) is 3.73. The van der Waals surface area contributed by atoms with Crippen molar-refractivity contribution < 1.29 is 19.2 Å². The minimum Gasteiger partial charge on any atom is -0.354 e. The van der Waals surface area contributed by atoms with Crippen molar-refractivity contribution in [3.05, 3.63) is 33.8 Å². The SMILES string of the molecule is O=C(CCN1C(=O)c2ccc(Br)cc2C1=O)NC1CCCCNC1=O. The quantitative estimate of drug-likeness (QED) is 0.733. The molecule has 0 aromatic heterocycles. The standard InChI is InChI=1S/C17H18BrN3O4/c18-10-4-5-11-12(9-10)17(25)21(16(11)24)8-6-14(22)20-13-3-1-2-7-19-15(13)23/h4-5,9,13H,1-3,6-8H2,(H,19,23)(H,20,22). The maximum atomic E-state index is 12.3. The highest BCUT2D eigenvalue weighted by Crippen LogP contribution is 2.26. The molecule has 2 aliphatic rings. The van der Waals surface area contributed by atoms with E-state index in [9.17, 15) is 19.2 Å². The molecule has 0 aliphatic carbocycles. The number of rotatable bonds is 4. The topological polar surface area (TPSA) is 95.6 Å². The predicted molar refractivity (Wildman–Crippen MR) is 92.9 cm³/mol. The summed E-state index contributed by atoms with van der Waals surface area (Å²) < 4.78 is 0.714. The predicted octanol–water partition coefficient (Wildman–Crippen LogP) is 1.22. The Bertz CT molecular complexity index is 749. The van der Waals surface area contributed by atoms with E-state index in [4.69, 9.17) is 0 Å². The molecule has 0 saturated carbocycles. The number of hydrogen-bond donors (Lipinski definition) is 2. The van der Waals surface area contributed by atoms with Crippen molar-refractivity contribution in [3.63, 3.8) is 0 Å². The van der Waals surface area contributed by atoms with E-state index in [-0.39, 0.29) is 24.8 Å².